The van der Waals surface area contributed by atoms with E-state index in [4.69, 9.17) is 10.5 Å². The van der Waals surface area contributed by atoms with Gasteiger partial charge in [-0.15, -0.1) is 0 Å². The average molecular weight is 200 g/mol. The van der Waals surface area contributed by atoms with Crippen molar-refractivity contribution < 1.29 is 4.74 Å². The summed E-state index contributed by atoms with van der Waals surface area (Å²) in [5, 5.41) is 0. The van der Waals surface area contributed by atoms with Crippen LogP contribution in [0.1, 0.15) is 20.3 Å². The fraction of sp³-hybridized carbons (Fsp3) is 0.818. The predicted molar refractivity (Wildman–Crippen MR) is 61.4 cm³/mol. The lowest BCUT2D eigenvalue weighted by atomic mass is 10.2. The van der Waals surface area contributed by atoms with Gasteiger partial charge in [0.15, 0.2) is 0 Å². The maximum atomic E-state index is 5.96. The Bertz CT molecular complexity index is 159. The van der Waals surface area contributed by atoms with Gasteiger partial charge >= 0.3 is 0 Å². The molecule has 3 heteroatoms. The third kappa shape index (κ3) is 7.06. The van der Waals surface area contributed by atoms with E-state index < -0.39 is 0 Å². The second kappa shape index (κ2) is 7.97. The summed E-state index contributed by atoms with van der Waals surface area (Å²) in [5.74, 6) is 0. The van der Waals surface area contributed by atoms with Gasteiger partial charge in [-0.25, -0.2) is 0 Å². The van der Waals surface area contributed by atoms with Gasteiger partial charge in [0, 0.05) is 32.8 Å². The smallest absolute Gasteiger partial charge is 0.0477 e. The fourth-order valence-corrected chi connectivity index (χ4v) is 1.38. The first-order valence-corrected chi connectivity index (χ1v) is 5.21. The van der Waals surface area contributed by atoms with E-state index >= 15 is 0 Å². The molecule has 0 aliphatic carbocycles. The number of likely N-dealkylation sites (N-methyl/N-ethyl adjacent to an activating group) is 1. The zero-order valence-corrected chi connectivity index (χ0v) is 9.75. The van der Waals surface area contributed by atoms with Crippen LogP contribution in [0.15, 0.2) is 12.2 Å². The van der Waals surface area contributed by atoms with Gasteiger partial charge in [-0.3, -0.25) is 4.90 Å². The molecule has 0 aromatic rings. The summed E-state index contributed by atoms with van der Waals surface area (Å²) >= 11 is 0. The van der Waals surface area contributed by atoms with Crippen molar-refractivity contribution in [3.05, 3.63) is 12.2 Å². The van der Waals surface area contributed by atoms with Crippen molar-refractivity contribution >= 4 is 0 Å². The van der Waals surface area contributed by atoms with Crippen LogP contribution in [0, 0.1) is 0 Å². The number of hydrogen-bond donors (Lipinski definition) is 1. The van der Waals surface area contributed by atoms with Crippen LogP contribution in [0.4, 0.5) is 0 Å². The molecule has 1 unspecified atom stereocenters. The van der Waals surface area contributed by atoms with Gasteiger partial charge in [-0.2, -0.15) is 0 Å². The SMILES string of the molecule is C=C(C)CN(CC)CC(N)CCOC. The van der Waals surface area contributed by atoms with Gasteiger partial charge in [0.2, 0.25) is 0 Å². The molecule has 0 saturated carbocycles. The van der Waals surface area contributed by atoms with Crippen molar-refractivity contribution in [2.75, 3.05) is 33.4 Å². The maximum Gasteiger partial charge on any atom is 0.0477 e. The molecule has 0 spiro atoms. The molecule has 0 aliphatic heterocycles. The number of nitrogens with two attached hydrogens (primary N) is 1. The highest BCUT2D eigenvalue weighted by Crippen LogP contribution is 1.99. The first-order valence-electron chi connectivity index (χ1n) is 5.21. The molecule has 1 atom stereocenters. The first kappa shape index (κ1) is 13.6. The Morgan fingerprint density at radius 2 is 2.21 bits per heavy atom. The van der Waals surface area contributed by atoms with Gasteiger partial charge in [0.1, 0.15) is 0 Å². The van der Waals surface area contributed by atoms with E-state index in [0.29, 0.717) is 0 Å². The van der Waals surface area contributed by atoms with Crippen LogP contribution < -0.4 is 5.73 Å². The highest BCUT2D eigenvalue weighted by molar-refractivity contribution is 4.92. The van der Waals surface area contributed by atoms with E-state index in [1.807, 2.05) is 6.92 Å². The van der Waals surface area contributed by atoms with Crippen LogP contribution >= 0.6 is 0 Å². The molecule has 0 aromatic carbocycles. The van der Waals surface area contributed by atoms with E-state index in [-0.39, 0.29) is 6.04 Å². The zero-order valence-electron chi connectivity index (χ0n) is 9.75. The lowest BCUT2D eigenvalue weighted by Crippen LogP contribution is -2.38. The lowest BCUT2D eigenvalue weighted by molar-refractivity contribution is 0.178. The molecule has 0 aromatic heterocycles. The Labute approximate surface area is 87.9 Å². The van der Waals surface area contributed by atoms with E-state index in [9.17, 15) is 0 Å². The Kier molecular flexibility index (Phi) is 7.76. The standard InChI is InChI=1S/C11H24N2O/c1-5-13(8-10(2)3)9-11(12)6-7-14-4/h11H,2,5-9,12H2,1,3-4H3. The molecule has 2 N–H and O–H groups in total. The Morgan fingerprint density at radius 1 is 1.57 bits per heavy atom. The molecule has 0 heterocycles. The van der Waals surface area contributed by atoms with Crippen molar-refractivity contribution in [1.82, 2.24) is 4.90 Å². The van der Waals surface area contributed by atoms with Crippen LogP contribution in [0.3, 0.4) is 0 Å². The summed E-state index contributed by atoms with van der Waals surface area (Å²) in [5.41, 5.74) is 7.15. The number of nitrogens with zero attached hydrogens (tertiary/aromatic N) is 1. The van der Waals surface area contributed by atoms with Gasteiger partial charge in [0.25, 0.3) is 0 Å². The van der Waals surface area contributed by atoms with E-state index in [1.54, 1.807) is 7.11 Å². The minimum atomic E-state index is 0.203. The van der Waals surface area contributed by atoms with Crippen molar-refractivity contribution in [2.45, 2.75) is 26.3 Å². The topological polar surface area (TPSA) is 38.5 Å². The van der Waals surface area contributed by atoms with Crippen molar-refractivity contribution in [2.24, 2.45) is 5.73 Å². The molecule has 3 nitrogen and oxygen atoms in total. The number of hydrogen-bond acceptors (Lipinski definition) is 3. The van der Waals surface area contributed by atoms with Crippen molar-refractivity contribution in [1.29, 1.82) is 0 Å². The molecule has 0 radical (unpaired) electrons. The first-order chi connectivity index (χ1) is 6.60. The monoisotopic (exact) mass is 200 g/mol. The summed E-state index contributed by atoms with van der Waals surface area (Å²) in [7, 11) is 1.71. The third-order valence-electron chi connectivity index (χ3n) is 2.13. The molecular formula is C11H24N2O. The van der Waals surface area contributed by atoms with Gasteiger partial charge in [-0.05, 0) is 19.9 Å². The highest BCUT2D eigenvalue weighted by Gasteiger charge is 2.08. The summed E-state index contributed by atoms with van der Waals surface area (Å²) in [4.78, 5) is 2.31. The molecule has 0 saturated heterocycles. The summed E-state index contributed by atoms with van der Waals surface area (Å²) in [6.07, 6.45) is 0.920. The van der Waals surface area contributed by atoms with Gasteiger partial charge in [0.05, 0.1) is 0 Å². The Morgan fingerprint density at radius 3 is 2.64 bits per heavy atom. The van der Waals surface area contributed by atoms with Crippen molar-refractivity contribution in [3.63, 3.8) is 0 Å². The average Bonchev–Trinajstić information content (AvgIpc) is 2.12. The van der Waals surface area contributed by atoms with Crippen LogP contribution in [-0.2, 0) is 4.74 Å². The third-order valence-corrected chi connectivity index (χ3v) is 2.13. The van der Waals surface area contributed by atoms with Crippen LogP contribution in [0.25, 0.3) is 0 Å². The van der Waals surface area contributed by atoms with E-state index in [0.717, 1.165) is 32.7 Å². The largest absolute Gasteiger partial charge is 0.385 e. The minimum Gasteiger partial charge on any atom is -0.385 e. The molecule has 0 amide bonds. The summed E-state index contributed by atoms with van der Waals surface area (Å²) < 4.78 is 4.99. The minimum absolute atomic E-state index is 0.203. The fourth-order valence-electron chi connectivity index (χ4n) is 1.38. The van der Waals surface area contributed by atoms with Crippen molar-refractivity contribution in [3.8, 4) is 0 Å². The zero-order chi connectivity index (χ0) is 11.0. The molecule has 84 valence electrons. The molecule has 0 rings (SSSR count). The van der Waals surface area contributed by atoms with E-state index in [2.05, 4.69) is 18.4 Å². The molecular weight excluding hydrogens is 176 g/mol. The number of methoxy groups -OCH3 is 1. The normalized spacial score (nSPS) is 13.2. The number of rotatable bonds is 8. The maximum absolute atomic E-state index is 5.96. The molecule has 0 fully saturated rings. The Hall–Kier alpha value is -0.380. The molecule has 0 aliphatic rings. The van der Waals surface area contributed by atoms with Gasteiger partial charge < -0.3 is 10.5 Å². The second-order valence-electron chi connectivity index (χ2n) is 3.83. The molecule has 14 heavy (non-hydrogen) atoms. The van der Waals surface area contributed by atoms with Gasteiger partial charge in [-0.1, -0.05) is 19.1 Å². The van der Waals surface area contributed by atoms with Crippen LogP contribution in [0.5, 0.6) is 0 Å². The predicted octanol–water partition coefficient (Wildman–Crippen LogP) is 1.25. The Balaban J connectivity index is 3.73. The lowest BCUT2D eigenvalue weighted by Gasteiger charge is -2.24. The number of ether oxygens (including phenoxy) is 1. The second-order valence-corrected chi connectivity index (χ2v) is 3.83. The highest BCUT2D eigenvalue weighted by atomic mass is 16.5. The van der Waals surface area contributed by atoms with Crippen LogP contribution in [0.2, 0.25) is 0 Å². The van der Waals surface area contributed by atoms with Crippen LogP contribution in [-0.4, -0.2) is 44.3 Å². The van der Waals surface area contributed by atoms with E-state index in [1.165, 1.54) is 5.57 Å². The summed E-state index contributed by atoms with van der Waals surface area (Å²) in [6, 6.07) is 0.203. The quantitative estimate of drug-likeness (QED) is 0.599. The summed E-state index contributed by atoms with van der Waals surface area (Å²) in [6.45, 7) is 11.7. The molecule has 0 bridgehead atoms.